The van der Waals surface area contributed by atoms with Gasteiger partial charge in [0, 0.05) is 24.7 Å². The van der Waals surface area contributed by atoms with Crippen molar-refractivity contribution in [3.05, 3.63) is 95.6 Å². The Bertz CT molecular complexity index is 1260. The molecule has 1 N–H and O–H groups in total. The van der Waals surface area contributed by atoms with Crippen LogP contribution in [0.1, 0.15) is 36.6 Å². The van der Waals surface area contributed by atoms with Gasteiger partial charge in [-0.2, -0.15) is 5.10 Å². The van der Waals surface area contributed by atoms with E-state index in [-0.39, 0.29) is 24.5 Å². The number of hydrogen-bond donors (Lipinski definition) is 1. The van der Waals surface area contributed by atoms with Crippen molar-refractivity contribution in [3.8, 4) is 0 Å². The Morgan fingerprint density at radius 3 is 2.61 bits per heavy atom. The molecule has 0 fully saturated rings. The topological polar surface area (TPSA) is 84.9 Å². The monoisotopic (exact) mass is 499 g/mol. The summed E-state index contributed by atoms with van der Waals surface area (Å²) in [6, 6.07) is 9.41. The van der Waals surface area contributed by atoms with Gasteiger partial charge in [0.15, 0.2) is 0 Å². The Morgan fingerprint density at radius 2 is 1.89 bits per heavy atom. The molecule has 0 spiro atoms. The maximum atomic E-state index is 14.8. The Hall–Kier alpha value is -3.57. The van der Waals surface area contributed by atoms with Gasteiger partial charge in [0.25, 0.3) is 0 Å². The summed E-state index contributed by atoms with van der Waals surface area (Å²) in [5.41, 5.74) is -0.360. The molecule has 0 bridgehead atoms. The van der Waals surface area contributed by atoms with Crippen LogP contribution in [-0.2, 0) is 25.2 Å². The smallest absolute Gasteiger partial charge is 0.137 e. The van der Waals surface area contributed by atoms with Gasteiger partial charge in [0.2, 0.25) is 0 Å². The molecule has 8 nitrogen and oxygen atoms in total. The Morgan fingerprint density at radius 1 is 1.06 bits per heavy atom. The van der Waals surface area contributed by atoms with Crippen LogP contribution in [0.25, 0.3) is 0 Å². The highest BCUT2D eigenvalue weighted by Crippen LogP contribution is 2.28. The van der Waals surface area contributed by atoms with E-state index in [4.69, 9.17) is 0 Å². The number of benzene rings is 2. The Labute approximate surface area is 207 Å². The molecule has 0 radical (unpaired) electrons. The third-order valence-corrected chi connectivity index (χ3v) is 5.84. The first-order chi connectivity index (χ1) is 17.3. The average molecular weight is 500 g/mol. The zero-order valence-corrected chi connectivity index (χ0v) is 19.9. The lowest BCUT2D eigenvalue weighted by Gasteiger charge is -2.34. The average Bonchev–Trinajstić information content (AvgIpc) is 3.49. The number of unbranched alkanes of at least 4 members (excludes halogenated alkanes) is 1. The summed E-state index contributed by atoms with van der Waals surface area (Å²) in [6.07, 6.45) is 6.27. The van der Waals surface area contributed by atoms with E-state index in [0.29, 0.717) is 25.3 Å². The van der Waals surface area contributed by atoms with Crippen LogP contribution >= 0.6 is 0 Å². The summed E-state index contributed by atoms with van der Waals surface area (Å²) >= 11 is 0. The van der Waals surface area contributed by atoms with Crippen LogP contribution in [0, 0.1) is 17.5 Å². The molecule has 0 aliphatic heterocycles. The quantitative estimate of drug-likeness (QED) is 0.321. The molecule has 0 saturated carbocycles. The molecule has 0 aliphatic carbocycles. The van der Waals surface area contributed by atoms with Crippen molar-refractivity contribution in [1.29, 1.82) is 0 Å². The lowest BCUT2D eigenvalue weighted by atomic mass is 9.92. The molecule has 0 amide bonds. The van der Waals surface area contributed by atoms with Gasteiger partial charge in [-0.1, -0.05) is 36.8 Å². The van der Waals surface area contributed by atoms with Crippen LogP contribution in [0.5, 0.6) is 0 Å². The van der Waals surface area contributed by atoms with Gasteiger partial charge in [0.1, 0.15) is 35.7 Å². The summed E-state index contributed by atoms with van der Waals surface area (Å²) < 4.78 is 45.0. The van der Waals surface area contributed by atoms with Crippen LogP contribution in [0.4, 0.5) is 13.2 Å². The summed E-state index contributed by atoms with van der Waals surface area (Å²) in [6.45, 7) is 3.31. The van der Waals surface area contributed by atoms with Crippen LogP contribution in [0.15, 0.2) is 61.3 Å². The minimum atomic E-state index is -1.73. The first kappa shape index (κ1) is 25.5. The normalized spacial score (nSPS) is 13.3. The van der Waals surface area contributed by atoms with Crippen molar-refractivity contribution in [1.82, 2.24) is 34.7 Å². The Balaban J connectivity index is 1.56. The lowest BCUT2D eigenvalue weighted by molar-refractivity contribution is -0.0242. The maximum Gasteiger partial charge on any atom is 0.137 e. The minimum Gasteiger partial charge on any atom is -0.382 e. The van der Waals surface area contributed by atoms with E-state index in [9.17, 15) is 18.3 Å². The molecule has 0 aliphatic rings. The fourth-order valence-corrected chi connectivity index (χ4v) is 4.17. The maximum absolute atomic E-state index is 14.8. The van der Waals surface area contributed by atoms with Crippen LogP contribution in [-0.4, -0.2) is 52.9 Å². The third-order valence-electron chi connectivity index (χ3n) is 5.84. The molecule has 11 heteroatoms. The van der Waals surface area contributed by atoms with Crippen molar-refractivity contribution in [2.45, 2.75) is 45.0 Å². The van der Waals surface area contributed by atoms with Gasteiger partial charge in [-0.15, -0.1) is 5.10 Å². The lowest BCUT2D eigenvalue weighted by Crippen LogP contribution is -2.45. The molecule has 190 valence electrons. The molecule has 2 aromatic carbocycles. The number of aromatic nitrogens is 6. The van der Waals surface area contributed by atoms with Crippen molar-refractivity contribution in [3.63, 3.8) is 0 Å². The van der Waals surface area contributed by atoms with Gasteiger partial charge in [-0.3, -0.25) is 4.90 Å². The fourth-order valence-electron chi connectivity index (χ4n) is 4.17. The fraction of sp³-hybridized carbons (Fsp3) is 0.360. The second-order valence-corrected chi connectivity index (χ2v) is 8.85. The van der Waals surface area contributed by atoms with E-state index in [1.54, 1.807) is 23.0 Å². The van der Waals surface area contributed by atoms with Crippen LogP contribution in [0.3, 0.4) is 0 Å². The molecular weight excluding hydrogens is 471 g/mol. The third kappa shape index (κ3) is 6.55. The predicted octanol–water partition coefficient (Wildman–Crippen LogP) is 3.53. The van der Waals surface area contributed by atoms with E-state index in [1.165, 1.54) is 35.5 Å². The summed E-state index contributed by atoms with van der Waals surface area (Å²) in [7, 11) is 0. The zero-order valence-electron chi connectivity index (χ0n) is 19.9. The van der Waals surface area contributed by atoms with Gasteiger partial charge in [0.05, 0.1) is 25.0 Å². The SMILES string of the molecule is CCCCN(Cc1cn(Cc2cccc(F)c2)nn1)CC(O)(Cn1cncn1)c1ccc(F)cc1F. The molecule has 1 atom stereocenters. The van der Waals surface area contributed by atoms with Crippen LogP contribution in [0.2, 0.25) is 0 Å². The van der Waals surface area contributed by atoms with E-state index >= 15 is 0 Å². The first-order valence-electron chi connectivity index (χ1n) is 11.7. The van der Waals surface area contributed by atoms with E-state index in [0.717, 1.165) is 30.5 Å². The summed E-state index contributed by atoms with van der Waals surface area (Å²) in [4.78, 5) is 5.86. The first-order valence-corrected chi connectivity index (χ1v) is 11.7. The highest BCUT2D eigenvalue weighted by molar-refractivity contribution is 5.26. The molecule has 1 unspecified atom stereocenters. The molecule has 0 saturated heterocycles. The number of nitrogens with zero attached hydrogens (tertiary/aromatic N) is 7. The van der Waals surface area contributed by atoms with Crippen LogP contribution < -0.4 is 0 Å². The van der Waals surface area contributed by atoms with Gasteiger partial charge >= 0.3 is 0 Å². The minimum absolute atomic E-state index is 0.0318. The highest BCUT2D eigenvalue weighted by atomic mass is 19.1. The molecule has 36 heavy (non-hydrogen) atoms. The largest absolute Gasteiger partial charge is 0.382 e. The number of rotatable bonds is 12. The van der Waals surface area contributed by atoms with Crippen molar-refractivity contribution in [2.24, 2.45) is 0 Å². The number of aliphatic hydroxyl groups is 1. The zero-order chi connectivity index (χ0) is 25.5. The van der Waals surface area contributed by atoms with Gasteiger partial charge in [-0.05, 0) is 36.7 Å². The molecule has 2 heterocycles. The standard InChI is InChI=1S/C25H28F3N7O/c1-2-3-9-33(13-22-14-34(32-31-22)12-19-5-4-6-20(26)10-19)15-25(36,16-35-18-29-17-30-35)23-8-7-21(27)11-24(23)28/h4-8,10-11,14,17-18,36H,2-3,9,12-13,15-16H2,1H3. The van der Waals surface area contributed by atoms with E-state index in [1.807, 2.05) is 4.90 Å². The Kier molecular flexibility index (Phi) is 8.11. The predicted molar refractivity (Wildman–Crippen MR) is 126 cm³/mol. The van der Waals surface area contributed by atoms with Crippen molar-refractivity contribution < 1.29 is 18.3 Å². The molecule has 4 rings (SSSR count). The van der Waals surface area contributed by atoms with Crippen molar-refractivity contribution >= 4 is 0 Å². The second kappa shape index (κ2) is 11.4. The number of halogens is 3. The molecule has 2 aromatic heterocycles. The van der Waals surface area contributed by atoms with Crippen molar-refractivity contribution in [2.75, 3.05) is 13.1 Å². The second-order valence-electron chi connectivity index (χ2n) is 8.85. The molecular formula is C25H28F3N7O. The highest BCUT2D eigenvalue weighted by Gasteiger charge is 2.35. The number of hydrogen-bond acceptors (Lipinski definition) is 6. The van der Waals surface area contributed by atoms with Gasteiger partial charge < -0.3 is 5.11 Å². The van der Waals surface area contributed by atoms with E-state index in [2.05, 4.69) is 27.3 Å². The summed E-state index contributed by atoms with van der Waals surface area (Å²) in [5, 5.41) is 24.2. The van der Waals surface area contributed by atoms with Gasteiger partial charge in [-0.25, -0.2) is 27.5 Å². The molecule has 4 aromatic rings. The summed E-state index contributed by atoms with van der Waals surface area (Å²) in [5.74, 6) is -1.88. The van der Waals surface area contributed by atoms with E-state index < -0.39 is 17.2 Å².